The lowest BCUT2D eigenvalue weighted by molar-refractivity contribution is 0.229. The lowest BCUT2D eigenvalue weighted by Crippen LogP contribution is -1.92. The molecule has 0 unspecified atom stereocenters. The van der Waals surface area contributed by atoms with Crippen LogP contribution in [0.25, 0.3) is 0 Å². The summed E-state index contributed by atoms with van der Waals surface area (Å²) in [5.41, 5.74) is 0. The number of rotatable bonds is 8. The summed E-state index contributed by atoms with van der Waals surface area (Å²) in [6, 6.07) is 0. The first-order valence-electron chi connectivity index (χ1n) is 4.81. The summed E-state index contributed by atoms with van der Waals surface area (Å²) in [6.45, 7) is 4.35. The number of halogens is 1. The van der Waals surface area contributed by atoms with Crippen LogP contribution in [-0.4, -0.2) is 19.1 Å². The fourth-order valence-electron chi connectivity index (χ4n) is 0.882. The highest BCUT2D eigenvalue weighted by Gasteiger charge is 2.18. The molecule has 14 heavy (non-hydrogen) atoms. The third kappa shape index (κ3) is 6.61. The van der Waals surface area contributed by atoms with Gasteiger partial charge in [0.05, 0.1) is 13.2 Å². The number of alkyl halides is 1. The molecule has 0 aliphatic carbocycles. The molecule has 84 valence electrons. The fraction of sp³-hybridized carbons (Fsp3) is 0.778. The standard InChI is InChI=1S/C9H18ClO3P/c1-3-12-14(11,13-4-2)9-7-5-6-8-10/h7,9H,3-6,8H2,1-2H3/b9-7-. The molecule has 0 saturated heterocycles. The first-order chi connectivity index (χ1) is 6.68. The molecular formula is C9H18ClO3P. The Morgan fingerprint density at radius 3 is 2.29 bits per heavy atom. The smallest absolute Gasteiger partial charge is 0.306 e. The van der Waals surface area contributed by atoms with Crippen molar-refractivity contribution in [2.24, 2.45) is 0 Å². The topological polar surface area (TPSA) is 35.5 Å². The van der Waals surface area contributed by atoms with Crippen LogP contribution in [0.1, 0.15) is 26.7 Å². The quantitative estimate of drug-likeness (QED) is 0.368. The van der Waals surface area contributed by atoms with E-state index in [4.69, 9.17) is 20.6 Å². The highest BCUT2D eigenvalue weighted by molar-refractivity contribution is 7.57. The third-order valence-corrected chi connectivity index (χ3v) is 3.49. The minimum absolute atomic E-state index is 0.386. The normalized spacial score (nSPS) is 12.5. The second-order valence-electron chi connectivity index (χ2n) is 2.59. The number of hydrogen-bond donors (Lipinski definition) is 0. The van der Waals surface area contributed by atoms with Crippen LogP contribution in [-0.2, 0) is 13.6 Å². The molecule has 5 heteroatoms. The van der Waals surface area contributed by atoms with Gasteiger partial charge in [0.2, 0.25) is 0 Å². The van der Waals surface area contributed by atoms with E-state index >= 15 is 0 Å². The molecule has 0 aromatic rings. The lowest BCUT2D eigenvalue weighted by atomic mass is 10.3. The van der Waals surface area contributed by atoms with Crippen LogP contribution in [0.15, 0.2) is 11.9 Å². The summed E-state index contributed by atoms with van der Waals surface area (Å²) in [6.07, 6.45) is 3.47. The van der Waals surface area contributed by atoms with Gasteiger partial charge in [-0.3, -0.25) is 4.57 Å². The van der Waals surface area contributed by atoms with Gasteiger partial charge in [0, 0.05) is 11.7 Å². The summed E-state index contributed by atoms with van der Waals surface area (Å²) in [5.74, 6) is 2.13. The summed E-state index contributed by atoms with van der Waals surface area (Å²) in [5, 5.41) is 0. The summed E-state index contributed by atoms with van der Waals surface area (Å²) >= 11 is 5.51. The minimum atomic E-state index is -2.98. The monoisotopic (exact) mass is 240 g/mol. The van der Waals surface area contributed by atoms with Gasteiger partial charge in [-0.1, -0.05) is 6.08 Å². The van der Waals surface area contributed by atoms with Gasteiger partial charge in [-0.05, 0) is 26.7 Å². The molecule has 0 atom stereocenters. The first-order valence-corrected chi connectivity index (χ1v) is 6.95. The average molecular weight is 241 g/mol. The van der Waals surface area contributed by atoms with Gasteiger partial charge in [0.1, 0.15) is 0 Å². The van der Waals surface area contributed by atoms with Crippen molar-refractivity contribution in [3.05, 3.63) is 11.9 Å². The zero-order valence-electron chi connectivity index (χ0n) is 8.74. The number of allylic oxidation sites excluding steroid dienone is 1. The second kappa shape index (κ2) is 8.49. The molecule has 0 saturated carbocycles. The van der Waals surface area contributed by atoms with Crippen molar-refractivity contribution in [1.29, 1.82) is 0 Å². The van der Waals surface area contributed by atoms with Crippen molar-refractivity contribution in [3.63, 3.8) is 0 Å². The predicted molar refractivity (Wildman–Crippen MR) is 60.0 cm³/mol. The molecule has 0 bridgehead atoms. The van der Waals surface area contributed by atoms with Gasteiger partial charge in [-0.25, -0.2) is 0 Å². The Kier molecular flexibility index (Phi) is 8.59. The van der Waals surface area contributed by atoms with Gasteiger partial charge in [0.25, 0.3) is 0 Å². The van der Waals surface area contributed by atoms with E-state index in [1.165, 1.54) is 5.82 Å². The zero-order valence-corrected chi connectivity index (χ0v) is 10.4. The van der Waals surface area contributed by atoms with Crippen LogP contribution in [0, 0.1) is 0 Å². The van der Waals surface area contributed by atoms with Gasteiger partial charge >= 0.3 is 7.60 Å². The third-order valence-electron chi connectivity index (χ3n) is 1.41. The first kappa shape index (κ1) is 14.2. The van der Waals surface area contributed by atoms with Crippen molar-refractivity contribution >= 4 is 19.2 Å². The Morgan fingerprint density at radius 2 is 1.86 bits per heavy atom. The SMILES string of the molecule is CCOP(=O)(/C=C\CCCCl)OCC. The molecular weight excluding hydrogens is 223 g/mol. The van der Waals surface area contributed by atoms with Gasteiger partial charge in [-0.15, -0.1) is 11.6 Å². The van der Waals surface area contributed by atoms with Crippen LogP contribution < -0.4 is 0 Å². The molecule has 0 fully saturated rings. The van der Waals surface area contributed by atoms with Crippen molar-refractivity contribution in [2.45, 2.75) is 26.7 Å². The van der Waals surface area contributed by atoms with Crippen LogP contribution in [0.3, 0.4) is 0 Å². The molecule has 3 nitrogen and oxygen atoms in total. The van der Waals surface area contributed by atoms with Gasteiger partial charge < -0.3 is 9.05 Å². The molecule has 0 aliphatic heterocycles. The van der Waals surface area contributed by atoms with E-state index < -0.39 is 7.60 Å². The van der Waals surface area contributed by atoms with Crippen molar-refractivity contribution < 1.29 is 13.6 Å². The number of unbranched alkanes of at least 4 members (excludes halogenated alkanes) is 1. The summed E-state index contributed by atoms with van der Waals surface area (Å²) in [4.78, 5) is 0. The molecule has 0 aromatic heterocycles. The molecule has 0 amide bonds. The molecule has 0 N–H and O–H groups in total. The molecule has 0 aliphatic rings. The van der Waals surface area contributed by atoms with Crippen LogP contribution in [0.5, 0.6) is 0 Å². The second-order valence-corrected chi connectivity index (χ2v) is 4.86. The zero-order chi connectivity index (χ0) is 10.9. The Labute approximate surface area is 91.0 Å². The molecule has 0 heterocycles. The Hall–Kier alpha value is 0.180. The van der Waals surface area contributed by atoms with E-state index in [1.54, 1.807) is 19.9 Å². The number of hydrogen-bond acceptors (Lipinski definition) is 3. The Morgan fingerprint density at radius 1 is 1.29 bits per heavy atom. The van der Waals surface area contributed by atoms with Crippen molar-refractivity contribution in [2.75, 3.05) is 19.1 Å². The maximum absolute atomic E-state index is 11.8. The molecule has 0 aromatic carbocycles. The maximum atomic E-state index is 11.8. The van der Waals surface area contributed by atoms with E-state index in [-0.39, 0.29) is 0 Å². The molecule has 0 radical (unpaired) electrons. The molecule has 0 spiro atoms. The van der Waals surface area contributed by atoms with E-state index in [1.807, 2.05) is 0 Å². The van der Waals surface area contributed by atoms with E-state index in [0.717, 1.165) is 12.8 Å². The van der Waals surface area contributed by atoms with Gasteiger partial charge in [-0.2, -0.15) is 0 Å². The largest absolute Gasteiger partial charge is 0.353 e. The lowest BCUT2D eigenvalue weighted by Gasteiger charge is -2.12. The predicted octanol–water partition coefficient (Wildman–Crippen LogP) is 3.79. The minimum Gasteiger partial charge on any atom is -0.306 e. The van der Waals surface area contributed by atoms with Crippen LogP contribution in [0.2, 0.25) is 0 Å². The molecule has 0 rings (SSSR count). The van der Waals surface area contributed by atoms with E-state index in [9.17, 15) is 4.57 Å². The Bertz CT molecular complexity index is 196. The van der Waals surface area contributed by atoms with E-state index in [0.29, 0.717) is 19.1 Å². The highest BCUT2D eigenvalue weighted by atomic mass is 35.5. The van der Waals surface area contributed by atoms with Gasteiger partial charge in [0.15, 0.2) is 0 Å². The van der Waals surface area contributed by atoms with Crippen LogP contribution >= 0.6 is 19.2 Å². The van der Waals surface area contributed by atoms with Crippen molar-refractivity contribution in [3.8, 4) is 0 Å². The highest BCUT2D eigenvalue weighted by Crippen LogP contribution is 2.49. The Balaban J connectivity index is 4.07. The maximum Gasteiger partial charge on any atom is 0.353 e. The van der Waals surface area contributed by atoms with Crippen LogP contribution in [0.4, 0.5) is 0 Å². The fourth-order valence-corrected chi connectivity index (χ4v) is 2.41. The van der Waals surface area contributed by atoms with Crippen molar-refractivity contribution in [1.82, 2.24) is 0 Å². The summed E-state index contributed by atoms with van der Waals surface area (Å²) in [7, 11) is -2.98. The summed E-state index contributed by atoms with van der Waals surface area (Å²) < 4.78 is 21.9. The average Bonchev–Trinajstić information content (AvgIpc) is 2.13. The van der Waals surface area contributed by atoms with E-state index in [2.05, 4.69) is 0 Å².